The molecule has 0 N–H and O–H groups in total. The second-order valence-corrected chi connectivity index (χ2v) is 6.06. The summed E-state index contributed by atoms with van der Waals surface area (Å²) in [4.78, 5) is 22.2. The number of anilines is 1. The number of methoxy groups -OCH3 is 2. The third-order valence-electron chi connectivity index (χ3n) is 3.34. The van der Waals surface area contributed by atoms with Crippen molar-refractivity contribution in [3.8, 4) is 0 Å². The predicted molar refractivity (Wildman–Crippen MR) is 95.2 cm³/mol. The number of rotatable bonds is 10. The zero-order chi connectivity index (χ0) is 18.1. The minimum absolute atomic E-state index is 0.108. The van der Waals surface area contributed by atoms with Gasteiger partial charge >= 0.3 is 5.69 Å². The summed E-state index contributed by atoms with van der Waals surface area (Å²) in [6, 6.07) is 9.40. The SMILES string of the molecule is COCCN(CCOC)c1ncnc(Sc2ccccc2)c1[N+](=O)[O-]. The fourth-order valence-electron chi connectivity index (χ4n) is 2.15. The van der Waals surface area contributed by atoms with Crippen LogP contribution in [-0.4, -0.2) is 55.4 Å². The first kappa shape index (κ1) is 19.1. The average molecular weight is 364 g/mol. The summed E-state index contributed by atoms with van der Waals surface area (Å²) >= 11 is 1.24. The fourth-order valence-corrected chi connectivity index (χ4v) is 3.03. The van der Waals surface area contributed by atoms with Crippen LogP contribution in [0.4, 0.5) is 11.5 Å². The summed E-state index contributed by atoms with van der Waals surface area (Å²) in [6.45, 7) is 1.78. The van der Waals surface area contributed by atoms with E-state index in [-0.39, 0.29) is 11.5 Å². The van der Waals surface area contributed by atoms with Gasteiger partial charge in [-0.25, -0.2) is 9.97 Å². The summed E-state index contributed by atoms with van der Waals surface area (Å²) in [6.07, 6.45) is 1.35. The molecule has 0 aliphatic rings. The van der Waals surface area contributed by atoms with Crippen molar-refractivity contribution >= 4 is 23.3 Å². The molecule has 1 heterocycles. The van der Waals surface area contributed by atoms with Gasteiger partial charge in [-0.3, -0.25) is 10.1 Å². The normalized spacial score (nSPS) is 10.6. The highest BCUT2D eigenvalue weighted by molar-refractivity contribution is 7.99. The van der Waals surface area contributed by atoms with Crippen LogP contribution in [0.2, 0.25) is 0 Å². The molecular formula is C16H20N4O4S. The van der Waals surface area contributed by atoms with E-state index in [1.165, 1.54) is 18.1 Å². The van der Waals surface area contributed by atoms with E-state index in [1.54, 1.807) is 19.1 Å². The molecule has 0 saturated heterocycles. The molecule has 1 aromatic carbocycles. The summed E-state index contributed by atoms with van der Waals surface area (Å²) in [5, 5.41) is 12.0. The number of ether oxygens (including phenoxy) is 2. The minimum Gasteiger partial charge on any atom is -0.383 e. The highest BCUT2D eigenvalue weighted by atomic mass is 32.2. The number of nitrogens with zero attached hydrogens (tertiary/aromatic N) is 4. The molecule has 0 saturated carbocycles. The number of aromatic nitrogens is 2. The van der Waals surface area contributed by atoms with Crippen molar-refractivity contribution in [3.05, 3.63) is 46.8 Å². The monoisotopic (exact) mass is 364 g/mol. The molecule has 0 aliphatic carbocycles. The Morgan fingerprint density at radius 2 is 1.76 bits per heavy atom. The molecule has 2 rings (SSSR count). The number of benzene rings is 1. The molecule has 0 atom stereocenters. The summed E-state index contributed by atoms with van der Waals surface area (Å²) in [7, 11) is 3.17. The van der Waals surface area contributed by atoms with Gasteiger partial charge in [0.1, 0.15) is 6.33 Å². The zero-order valence-electron chi connectivity index (χ0n) is 14.1. The molecule has 0 bridgehead atoms. The Hall–Kier alpha value is -2.23. The van der Waals surface area contributed by atoms with Gasteiger partial charge in [-0.05, 0) is 12.1 Å². The molecule has 8 nitrogen and oxygen atoms in total. The molecule has 9 heteroatoms. The molecule has 0 aliphatic heterocycles. The van der Waals surface area contributed by atoms with E-state index >= 15 is 0 Å². The van der Waals surface area contributed by atoms with E-state index in [0.29, 0.717) is 31.3 Å². The third kappa shape index (κ3) is 5.38. The molecule has 0 unspecified atom stereocenters. The molecule has 2 aromatic rings. The molecule has 134 valence electrons. The Morgan fingerprint density at radius 3 is 2.32 bits per heavy atom. The van der Waals surface area contributed by atoms with Gasteiger partial charge in [-0.1, -0.05) is 30.0 Å². The Bertz CT molecular complexity index is 679. The van der Waals surface area contributed by atoms with Crippen molar-refractivity contribution in [2.45, 2.75) is 9.92 Å². The van der Waals surface area contributed by atoms with E-state index in [9.17, 15) is 10.1 Å². The van der Waals surface area contributed by atoms with Crippen LogP contribution >= 0.6 is 11.8 Å². The maximum atomic E-state index is 11.7. The zero-order valence-corrected chi connectivity index (χ0v) is 14.9. The van der Waals surface area contributed by atoms with Crippen LogP contribution in [0.1, 0.15) is 0 Å². The number of hydrogen-bond acceptors (Lipinski definition) is 8. The Labute approximate surface area is 150 Å². The first-order valence-electron chi connectivity index (χ1n) is 7.62. The second kappa shape index (κ2) is 9.92. The first-order chi connectivity index (χ1) is 12.2. The van der Waals surface area contributed by atoms with Crippen molar-refractivity contribution in [2.24, 2.45) is 0 Å². The van der Waals surface area contributed by atoms with E-state index in [2.05, 4.69) is 9.97 Å². The highest BCUT2D eigenvalue weighted by Crippen LogP contribution is 2.37. The Morgan fingerprint density at radius 1 is 1.12 bits per heavy atom. The van der Waals surface area contributed by atoms with Gasteiger partial charge in [0.25, 0.3) is 0 Å². The van der Waals surface area contributed by atoms with Gasteiger partial charge in [-0.2, -0.15) is 0 Å². The lowest BCUT2D eigenvalue weighted by molar-refractivity contribution is -0.387. The predicted octanol–water partition coefficient (Wildman–Crippen LogP) is 2.64. The van der Waals surface area contributed by atoms with Crippen LogP contribution in [0.25, 0.3) is 0 Å². The van der Waals surface area contributed by atoms with E-state index in [1.807, 2.05) is 30.3 Å². The van der Waals surface area contributed by atoms with E-state index in [4.69, 9.17) is 9.47 Å². The summed E-state index contributed by atoms with van der Waals surface area (Å²) in [5.41, 5.74) is -0.108. The topological polar surface area (TPSA) is 90.6 Å². The van der Waals surface area contributed by atoms with Crippen LogP contribution in [0.15, 0.2) is 46.6 Å². The van der Waals surface area contributed by atoms with Gasteiger partial charge in [0.15, 0.2) is 5.03 Å². The minimum atomic E-state index is -0.437. The second-order valence-electron chi connectivity index (χ2n) is 5.00. The van der Waals surface area contributed by atoms with E-state index in [0.717, 1.165) is 4.90 Å². The molecule has 0 radical (unpaired) electrons. The van der Waals surface area contributed by atoms with Crippen molar-refractivity contribution in [1.29, 1.82) is 0 Å². The maximum absolute atomic E-state index is 11.7. The van der Waals surface area contributed by atoms with Crippen LogP contribution in [0.3, 0.4) is 0 Å². The molecule has 0 spiro atoms. The number of nitro groups is 1. The third-order valence-corrected chi connectivity index (χ3v) is 4.34. The van der Waals surface area contributed by atoms with Gasteiger partial charge < -0.3 is 14.4 Å². The van der Waals surface area contributed by atoms with Gasteiger partial charge in [0.2, 0.25) is 5.82 Å². The van der Waals surface area contributed by atoms with Crippen LogP contribution in [0, 0.1) is 10.1 Å². The Balaban J connectivity index is 2.38. The van der Waals surface area contributed by atoms with Crippen molar-refractivity contribution in [1.82, 2.24) is 9.97 Å². The lowest BCUT2D eigenvalue weighted by Gasteiger charge is -2.22. The van der Waals surface area contributed by atoms with Gasteiger partial charge in [0, 0.05) is 32.2 Å². The largest absolute Gasteiger partial charge is 0.383 e. The molecule has 1 aromatic heterocycles. The van der Waals surface area contributed by atoms with Crippen molar-refractivity contribution in [2.75, 3.05) is 45.4 Å². The van der Waals surface area contributed by atoms with Crippen LogP contribution in [-0.2, 0) is 9.47 Å². The van der Waals surface area contributed by atoms with Gasteiger partial charge in [-0.15, -0.1) is 0 Å². The quantitative estimate of drug-likeness (QED) is 0.361. The van der Waals surface area contributed by atoms with Crippen LogP contribution in [0.5, 0.6) is 0 Å². The standard InChI is InChI=1S/C16H20N4O4S/c1-23-10-8-19(9-11-24-2)15-14(20(21)22)16(18-12-17-15)25-13-6-4-3-5-7-13/h3-7,12H,8-11H2,1-2H3. The summed E-state index contributed by atoms with van der Waals surface area (Å²) in [5.74, 6) is 0.271. The molecular weight excluding hydrogens is 344 g/mol. The van der Waals surface area contributed by atoms with Crippen LogP contribution < -0.4 is 4.90 Å². The summed E-state index contributed by atoms with van der Waals surface area (Å²) < 4.78 is 10.2. The lowest BCUT2D eigenvalue weighted by atomic mass is 10.4. The molecule has 25 heavy (non-hydrogen) atoms. The van der Waals surface area contributed by atoms with Crippen molar-refractivity contribution in [3.63, 3.8) is 0 Å². The Kier molecular flexibility index (Phi) is 7.58. The molecule has 0 amide bonds. The fraction of sp³-hybridized carbons (Fsp3) is 0.375. The molecule has 0 fully saturated rings. The van der Waals surface area contributed by atoms with Crippen molar-refractivity contribution < 1.29 is 14.4 Å². The highest BCUT2D eigenvalue weighted by Gasteiger charge is 2.27. The number of hydrogen-bond donors (Lipinski definition) is 0. The average Bonchev–Trinajstić information content (AvgIpc) is 2.62. The smallest absolute Gasteiger partial charge is 0.343 e. The van der Waals surface area contributed by atoms with E-state index < -0.39 is 4.92 Å². The first-order valence-corrected chi connectivity index (χ1v) is 8.44. The maximum Gasteiger partial charge on any atom is 0.343 e. The lowest BCUT2D eigenvalue weighted by Crippen LogP contribution is -2.32. The van der Waals surface area contributed by atoms with Gasteiger partial charge in [0.05, 0.1) is 18.1 Å².